The van der Waals surface area contributed by atoms with Crippen LogP contribution in [-0.2, 0) is 6.54 Å². The second kappa shape index (κ2) is 7.40. The maximum atomic E-state index is 13.6. The van der Waals surface area contributed by atoms with Crippen molar-refractivity contribution in [2.24, 2.45) is 0 Å². The first kappa shape index (κ1) is 17.5. The number of fused-ring (bicyclic) bond motifs is 2. The predicted octanol–water partition coefficient (Wildman–Crippen LogP) is 6.52. The Morgan fingerprint density at radius 3 is 2.37 bits per heavy atom. The van der Waals surface area contributed by atoms with Crippen LogP contribution in [0.5, 0.6) is 0 Å². The highest BCUT2D eigenvalue weighted by molar-refractivity contribution is 6.22. The molecule has 4 rings (SSSR count). The minimum absolute atomic E-state index is 0.120. The van der Waals surface area contributed by atoms with E-state index in [1.165, 1.54) is 12.8 Å². The summed E-state index contributed by atoms with van der Waals surface area (Å²) in [5, 5.41) is 3.18. The van der Waals surface area contributed by atoms with Gasteiger partial charge in [0, 0.05) is 28.7 Å². The van der Waals surface area contributed by atoms with Gasteiger partial charge in [0.2, 0.25) is 0 Å². The topological polar surface area (TPSA) is 22.0 Å². The molecule has 0 aliphatic heterocycles. The molecule has 0 saturated carbocycles. The number of benzene rings is 3. The fraction of sp³-hybridized carbons (Fsp3) is 0.240. The van der Waals surface area contributed by atoms with Gasteiger partial charge in [0.1, 0.15) is 0 Å². The molecule has 0 unspecified atom stereocenters. The van der Waals surface area contributed by atoms with E-state index in [-0.39, 0.29) is 5.78 Å². The van der Waals surface area contributed by atoms with Crippen molar-refractivity contribution in [1.82, 2.24) is 4.57 Å². The molecule has 0 N–H and O–H groups in total. The molecule has 2 nitrogen and oxygen atoms in total. The lowest BCUT2D eigenvalue weighted by Crippen LogP contribution is -2.06. The lowest BCUT2D eigenvalue weighted by Gasteiger charge is -2.09. The predicted molar refractivity (Wildman–Crippen MR) is 114 cm³/mol. The van der Waals surface area contributed by atoms with Gasteiger partial charge < -0.3 is 4.57 Å². The summed E-state index contributed by atoms with van der Waals surface area (Å²) in [6.45, 7) is 5.27. The summed E-state index contributed by atoms with van der Waals surface area (Å²) in [6, 6.07) is 22.4. The van der Waals surface area contributed by atoms with Crippen LogP contribution in [0.3, 0.4) is 0 Å². The van der Waals surface area contributed by atoms with Gasteiger partial charge >= 0.3 is 0 Å². The summed E-state index contributed by atoms with van der Waals surface area (Å²) in [4.78, 5) is 13.6. The molecular formula is C25H25NO. The average Bonchev–Trinajstić information content (AvgIpc) is 2.99. The maximum Gasteiger partial charge on any atom is 0.196 e. The molecule has 1 heterocycles. The number of aryl methyl sites for hydroxylation is 1. The first-order valence-corrected chi connectivity index (χ1v) is 9.82. The molecule has 0 radical (unpaired) electrons. The number of carbonyl (C=O) groups excluding carboxylic acids is 1. The summed E-state index contributed by atoms with van der Waals surface area (Å²) in [5.74, 6) is 0.120. The van der Waals surface area contributed by atoms with Crippen molar-refractivity contribution >= 4 is 27.5 Å². The van der Waals surface area contributed by atoms with Crippen molar-refractivity contribution < 1.29 is 4.79 Å². The van der Waals surface area contributed by atoms with E-state index in [9.17, 15) is 4.79 Å². The standard InChI is InChI=1S/C25H25NO/c1-3-4-9-17-26-18(2)24(22-14-7-8-16-23(22)26)25(27)21-15-10-12-19-11-5-6-13-20(19)21/h5-8,10-16H,3-4,9,17H2,1-2H3. The fourth-order valence-electron chi connectivity index (χ4n) is 4.08. The third-order valence-corrected chi connectivity index (χ3v) is 5.48. The van der Waals surface area contributed by atoms with Crippen molar-refractivity contribution in [2.75, 3.05) is 0 Å². The molecule has 0 fully saturated rings. The van der Waals surface area contributed by atoms with Crippen LogP contribution in [0.15, 0.2) is 66.7 Å². The number of ketones is 1. The lowest BCUT2D eigenvalue weighted by atomic mass is 9.95. The zero-order chi connectivity index (χ0) is 18.8. The van der Waals surface area contributed by atoms with E-state index >= 15 is 0 Å². The SMILES string of the molecule is CCCCCn1c(C)c(C(=O)c2cccc3ccccc23)c2ccccc21. The van der Waals surface area contributed by atoms with Crippen molar-refractivity contribution in [2.45, 2.75) is 39.7 Å². The van der Waals surface area contributed by atoms with E-state index in [1.54, 1.807) is 0 Å². The molecule has 1 aromatic heterocycles. The van der Waals surface area contributed by atoms with E-state index in [0.29, 0.717) is 0 Å². The number of carbonyl (C=O) groups is 1. The number of hydrogen-bond acceptors (Lipinski definition) is 1. The minimum atomic E-state index is 0.120. The fourth-order valence-corrected chi connectivity index (χ4v) is 4.08. The van der Waals surface area contributed by atoms with E-state index in [1.807, 2.05) is 36.4 Å². The Morgan fingerprint density at radius 1 is 0.852 bits per heavy atom. The van der Waals surface area contributed by atoms with E-state index in [0.717, 1.165) is 51.5 Å². The van der Waals surface area contributed by atoms with Crippen LogP contribution in [0.25, 0.3) is 21.7 Å². The van der Waals surface area contributed by atoms with E-state index in [4.69, 9.17) is 0 Å². The second-order valence-electron chi connectivity index (χ2n) is 7.19. The Morgan fingerprint density at radius 2 is 1.56 bits per heavy atom. The summed E-state index contributed by atoms with van der Waals surface area (Å²) in [7, 11) is 0. The van der Waals surface area contributed by atoms with Gasteiger partial charge in [-0.3, -0.25) is 4.79 Å². The third-order valence-electron chi connectivity index (χ3n) is 5.48. The first-order valence-electron chi connectivity index (χ1n) is 9.82. The Bertz CT molecular complexity index is 1110. The number of rotatable bonds is 6. The molecule has 0 saturated heterocycles. The summed E-state index contributed by atoms with van der Waals surface area (Å²) < 4.78 is 2.32. The van der Waals surface area contributed by atoms with Crippen LogP contribution >= 0.6 is 0 Å². The molecule has 27 heavy (non-hydrogen) atoms. The van der Waals surface area contributed by atoms with Crippen molar-refractivity contribution in [3.05, 3.63) is 83.6 Å². The van der Waals surface area contributed by atoms with Gasteiger partial charge in [-0.15, -0.1) is 0 Å². The molecule has 2 heteroatoms. The van der Waals surface area contributed by atoms with Gasteiger partial charge in [0.15, 0.2) is 5.78 Å². The van der Waals surface area contributed by atoms with Crippen LogP contribution in [0, 0.1) is 6.92 Å². The third kappa shape index (κ3) is 3.06. The van der Waals surface area contributed by atoms with Crippen LogP contribution in [0.1, 0.15) is 47.8 Å². The summed E-state index contributed by atoms with van der Waals surface area (Å²) in [6.07, 6.45) is 3.54. The van der Waals surface area contributed by atoms with Crippen molar-refractivity contribution in [3.8, 4) is 0 Å². The number of hydrogen-bond donors (Lipinski definition) is 0. The van der Waals surface area contributed by atoms with Crippen LogP contribution in [0.2, 0.25) is 0 Å². The zero-order valence-corrected chi connectivity index (χ0v) is 16.0. The van der Waals surface area contributed by atoms with Crippen LogP contribution in [-0.4, -0.2) is 10.4 Å². The van der Waals surface area contributed by atoms with Crippen LogP contribution < -0.4 is 0 Å². The van der Waals surface area contributed by atoms with Gasteiger partial charge in [-0.05, 0) is 30.2 Å². The molecular weight excluding hydrogens is 330 g/mol. The average molecular weight is 355 g/mol. The largest absolute Gasteiger partial charge is 0.344 e. The smallest absolute Gasteiger partial charge is 0.196 e. The highest BCUT2D eigenvalue weighted by Crippen LogP contribution is 2.30. The summed E-state index contributed by atoms with van der Waals surface area (Å²) in [5.41, 5.74) is 3.87. The van der Waals surface area contributed by atoms with Gasteiger partial charge in [0.25, 0.3) is 0 Å². The molecule has 3 aromatic carbocycles. The van der Waals surface area contributed by atoms with Gasteiger partial charge in [-0.25, -0.2) is 0 Å². The lowest BCUT2D eigenvalue weighted by molar-refractivity contribution is 0.104. The molecule has 0 aliphatic rings. The minimum Gasteiger partial charge on any atom is -0.344 e. The Balaban J connectivity index is 1.88. The zero-order valence-electron chi connectivity index (χ0n) is 16.0. The molecule has 0 atom stereocenters. The van der Waals surface area contributed by atoms with Gasteiger partial charge in [0.05, 0.1) is 5.56 Å². The normalized spacial score (nSPS) is 11.3. The van der Waals surface area contributed by atoms with Crippen molar-refractivity contribution in [3.63, 3.8) is 0 Å². The molecule has 136 valence electrons. The monoisotopic (exact) mass is 355 g/mol. The quantitative estimate of drug-likeness (QED) is 0.285. The number of aromatic nitrogens is 1. The first-order chi connectivity index (χ1) is 13.2. The number of nitrogens with zero attached hydrogens (tertiary/aromatic N) is 1. The maximum absolute atomic E-state index is 13.6. The summed E-state index contributed by atoms with van der Waals surface area (Å²) >= 11 is 0. The molecule has 4 aromatic rings. The molecule has 0 bridgehead atoms. The van der Waals surface area contributed by atoms with E-state index < -0.39 is 0 Å². The molecule has 0 amide bonds. The van der Waals surface area contributed by atoms with Gasteiger partial charge in [-0.1, -0.05) is 80.4 Å². The molecule has 0 spiro atoms. The molecule has 0 aliphatic carbocycles. The Hall–Kier alpha value is -2.87. The van der Waals surface area contributed by atoms with Crippen LogP contribution in [0.4, 0.5) is 0 Å². The Kier molecular flexibility index (Phi) is 4.81. The Labute approximate surface area is 160 Å². The van der Waals surface area contributed by atoms with Gasteiger partial charge in [-0.2, -0.15) is 0 Å². The number of unbranched alkanes of at least 4 members (excludes halogenated alkanes) is 2. The number of para-hydroxylation sites is 1. The van der Waals surface area contributed by atoms with Crippen molar-refractivity contribution in [1.29, 1.82) is 0 Å². The highest BCUT2D eigenvalue weighted by Gasteiger charge is 2.22. The second-order valence-corrected chi connectivity index (χ2v) is 7.19. The highest BCUT2D eigenvalue weighted by atomic mass is 16.1. The van der Waals surface area contributed by atoms with E-state index in [2.05, 4.69) is 48.7 Å².